The molecule has 0 saturated heterocycles. The molecule has 0 aromatic heterocycles. The largest absolute Gasteiger partial charge is 0.478 e. The lowest BCUT2D eigenvalue weighted by atomic mass is 9.96. The Kier molecular flexibility index (Phi) is 3.56. The number of carbonyl (C=O) groups is 1. The van der Waals surface area contributed by atoms with E-state index in [0.29, 0.717) is 0 Å². The van der Waals surface area contributed by atoms with E-state index >= 15 is 0 Å². The molecular weight excluding hydrogens is 216 g/mol. The van der Waals surface area contributed by atoms with Gasteiger partial charge in [-0.3, -0.25) is 0 Å². The third kappa shape index (κ3) is 2.16. The van der Waals surface area contributed by atoms with Crippen molar-refractivity contribution >= 4 is 5.97 Å². The van der Waals surface area contributed by atoms with Crippen LogP contribution < -0.4 is 0 Å². The monoisotopic (exact) mass is 225 g/mol. The van der Waals surface area contributed by atoms with Crippen LogP contribution in [0.15, 0.2) is 12.1 Å². The van der Waals surface area contributed by atoms with Gasteiger partial charge in [-0.15, -0.1) is 0 Å². The third-order valence-corrected chi connectivity index (χ3v) is 2.21. The summed E-state index contributed by atoms with van der Waals surface area (Å²) >= 11 is 0. The second-order valence-corrected chi connectivity index (χ2v) is 3.17. The van der Waals surface area contributed by atoms with E-state index in [1.165, 1.54) is 6.07 Å². The summed E-state index contributed by atoms with van der Waals surface area (Å²) in [4.78, 5) is 10.9. The second kappa shape index (κ2) is 4.71. The Hall–Kier alpha value is -1.96. The fourth-order valence-electron chi connectivity index (χ4n) is 1.50. The summed E-state index contributed by atoms with van der Waals surface area (Å²) in [5.74, 6) is -1.39. The molecule has 1 rings (SSSR count). The molecule has 0 aliphatic rings. The van der Waals surface area contributed by atoms with Gasteiger partial charge < -0.3 is 5.11 Å². The van der Waals surface area contributed by atoms with Gasteiger partial charge in [-0.25, -0.2) is 13.6 Å². The van der Waals surface area contributed by atoms with E-state index in [-0.39, 0.29) is 17.5 Å². The van der Waals surface area contributed by atoms with Crippen molar-refractivity contribution in [2.24, 2.45) is 0 Å². The van der Waals surface area contributed by atoms with Gasteiger partial charge in [0.25, 0.3) is 6.43 Å². The lowest BCUT2D eigenvalue weighted by Gasteiger charge is -2.10. The van der Waals surface area contributed by atoms with Crippen LogP contribution in [0.3, 0.4) is 0 Å². The number of hydrogen-bond donors (Lipinski definition) is 1. The van der Waals surface area contributed by atoms with Crippen molar-refractivity contribution in [3.63, 3.8) is 0 Å². The fraction of sp³-hybridized carbons (Fsp3) is 0.273. The molecule has 3 nitrogen and oxygen atoms in total. The molecule has 0 heterocycles. The van der Waals surface area contributed by atoms with E-state index in [4.69, 9.17) is 10.4 Å². The Labute approximate surface area is 90.9 Å². The second-order valence-electron chi connectivity index (χ2n) is 3.17. The average molecular weight is 225 g/mol. The minimum absolute atomic E-state index is 0.0529. The molecule has 0 unspecified atom stereocenters. The molecule has 0 atom stereocenters. The van der Waals surface area contributed by atoms with Crippen LogP contribution in [0.5, 0.6) is 0 Å². The quantitative estimate of drug-likeness (QED) is 0.860. The van der Waals surface area contributed by atoms with Crippen LogP contribution in [-0.4, -0.2) is 11.1 Å². The molecule has 0 aliphatic carbocycles. The Morgan fingerprint density at radius 1 is 1.56 bits per heavy atom. The highest BCUT2D eigenvalue weighted by atomic mass is 19.3. The van der Waals surface area contributed by atoms with Gasteiger partial charge in [0.1, 0.15) is 0 Å². The number of carboxylic acid groups (broad SMARTS) is 1. The predicted octanol–water partition coefficient (Wildman–Crippen LogP) is 2.76. The Morgan fingerprint density at radius 2 is 2.19 bits per heavy atom. The summed E-state index contributed by atoms with van der Waals surface area (Å²) in [5.41, 5.74) is -0.682. The van der Waals surface area contributed by atoms with Crippen LogP contribution in [0.2, 0.25) is 0 Å². The topological polar surface area (TPSA) is 61.1 Å². The molecule has 0 fully saturated rings. The van der Waals surface area contributed by atoms with Gasteiger partial charge in [-0.1, -0.05) is 6.92 Å². The summed E-state index contributed by atoms with van der Waals surface area (Å²) in [6.45, 7) is 1.65. The number of aromatic carboxylic acids is 1. The number of aryl methyl sites for hydroxylation is 1. The standard InChI is InChI=1S/C11H9F2NO2/c1-2-7-3-6(5-14)4-8(10(12)13)9(7)11(15)16/h3-4,10H,2H2,1H3,(H,15,16). The van der Waals surface area contributed by atoms with Crippen LogP contribution in [-0.2, 0) is 6.42 Å². The number of alkyl halides is 2. The number of hydrogen-bond acceptors (Lipinski definition) is 2. The molecule has 1 N–H and O–H groups in total. The van der Waals surface area contributed by atoms with Crippen molar-refractivity contribution in [2.45, 2.75) is 19.8 Å². The van der Waals surface area contributed by atoms with Crippen LogP contribution in [0, 0.1) is 11.3 Å². The highest BCUT2D eigenvalue weighted by Crippen LogP contribution is 2.27. The highest BCUT2D eigenvalue weighted by Gasteiger charge is 2.22. The van der Waals surface area contributed by atoms with Crippen molar-refractivity contribution in [2.75, 3.05) is 0 Å². The normalized spacial score (nSPS) is 10.2. The smallest absolute Gasteiger partial charge is 0.336 e. The molecule has 16 heavy (non-hydrogen) atoms. The maximum absolute atomic E-state index is 12.6. The van der Waals surface area contributed by atoms with Crippen LogP contribution in [0.1, 0.15) is 40.4 Å². The van der Waals surface area contributed by atoms with Gasteiger partial charge in [-0.05, 0) is 24.1 Å². The Balaban J connectivity index is 3.55. The van der Waals surface area contributed by atoms with E-state index in [1.807, 2.05) is 0 Å². The Morgan fingerprint density at radius 3 is 2.56 bits per heavy atom. The first-order valence-corrected chi connectivity index (χ1v) is 4.59. The zero-order valence-electron chi connectivity index (χ0n) is 8.50. The molecule has 84 valence electrons. The van der Waals surface area contributed by atoms with E-state index < -0.39 is 23.5 Å². The molecule has 0 spiro atoms. The van der Waals surface area contributed by atoms with E-state index in [2.05, 4.69) is 0 Å². The van der Waals surface area contributed by atoms with Crippen LogP contribution in [0.25, 0.3) is 0 Å². The molecular formula is C11H9F2NO2. The average Bonchev–Trinajstić information content (AvgIpc) is 2.26. The van der Waals surface area contributed by atoms with Gasteiger partial charge in [0.15, 0.2) is 0 Å². The number of halogens is 2. The fourth-order valence-corrected chi connectivity index (χ4v) is 1.50. The maximum atomic E-state index is 12.6. The molecule has 1 aromatic carbocycles. The molecule has 0 aliphatic heterocycles. The molecule has 0 amide bonds. The van der Waals surface area contributed by atoms with Crippen molar-refractivity contribution in [1.82, 2.24) is 0 Å². The number of carboxylic acids is 1. The molecule has 0 saturated carbocycles. The molecule has 0 bridgehead atoms. The summed E-state index contributed by atoms with van der Waals surface area (Å²) < 4.78 is 25.3. The minimum atomic E-state index is -2.90. The van der Waals surface area contributed by atoms with Gasteiger partial charge >= 0.3 is 5.97 Å². The maximum Gasteiger partial charge on any atom is 0.336 e. The number of nitriles is 1. The Bertz CT molecular complexity index is 464. The summed E-state index contributed by atoms with van der Waals surface area (Å²) in [6, 6.07) is 3.99. The van der Waals surface area contributed by atoms with Crippen molar-refractivity contribution in [1.29, 1.82) is 5.26 Å². The molecule has 5 heteroatoms. The zero-order valence-corrected chi connectivity index (χ0v) is 8.50. The summed E-state index contributed by atoms with van der Waals surface area (Å²) in [5, 5.41) is 17.5. The van der Waals surface area contributed by atoms with Crippen molar-refractivity contribution < 1.29 is 18.7 Å². The predicted molar refractivity (Wildman–Crippen MR) is 52.5 cm³/mol. The number of rotatable bonds is 3. The zero-order chi connectivity index (χ0) is 12.3. The lowest BCUT2D eigenvalue weighted by molar-refractivity contribution is 0.0683. The minimum Gasteiger partial charge on any atom is -0.478 e. The number of benzene rings is 1. The lowest BCUT2D eigenvalue weighted by Crippen LogP contribution is -2.08. The van der Waals surface area contributed by atoms with Gasteiger partial charge in [0.2, 0.25) is 0 Å². The molecule has 0 radical (unpaired) electrons. The first kappa shape index (κ1) is 12.1. The van der Waals surface area contributed by atoms with Crippen LogP contribution >= 0.6 is 0 Å². The first-order valence-electron chi connectivity index (χ1n) is 4.59. The van der Waals surface area contributed by atoms with E-state index in [0.717, 1.165) is 6.07 Å². The summed E-state index contributed by atoms with van der Waals surface area (Å²) in [7, 11) is 0. The van der Waals surface area contributed by atoms with E-state index in [9.17, 15) is 13.6 Å². The highest BCUT2D eigenvalue weighted by molar-refractivity contribution is 5.91. The SMILES string of the molecule is CCc1cc(C#N)cc(C(F)F)c1C(=O)O. The molecule has 1 aromatic rings. The van der Waals surface area contributed by atoms with E-state index in [1.54, 1.807) is 13.0 Å². The van der Waals surface area contributed by atoms with Crippen LogP contribution in [0.4, 0.5) is 8.78 Å². The van der Waals surface area contributed by atoms with Gasteiger partial charge in [0, 0.05) is 5.56 Å². The van der Waals surface area contributed by atoms with Crippen molar-refractivity contribution in [3.8, 4) is 6.07 Å². The van der Waals surface area contributed by atoms with Crippen molar-refractivity contribution in [3.05, 3.63) is 34.4 Å². The third-order valence-electron chi connectivity index (χ3n) is 2.21. The van der Waals surface area contributed by atoms with Gasteiger partial charge in [0.05, 0.1) is 17.2 Å². The first-order chi connectivity index (χ1) is 7.51. The van der Waals surface area contributed by atoms with Gasteiger partial charge in [-0.2, -0.15) is 5.26 Å². The summed E-state index contributed by atoms with van der Waals surface area (Å²) in [6.07, 6.45) is -2.61. The number of nitrogens with zero attached hydrogens (tertiary/aromatic N) is 1.